The van der Waals surface area contributed by atoms with E-state index in [1.165, 1.54) is 11.8 Å². The first kappa shape index (κ1) is 18.1. The van der Waals surface area contributed by atoms with E-state index in [-0.39, 0.29) is 11.7 Å². The van der Waals surface area contributed by atoms with E-state index in [0.717, 1.165) is 16.9 Å². The Kier molecular flexibility index (Phi) is 5.62. The minimum atomic E-state index is -0.0305. The van der Waals surface area contributed by atoms with E-state index >= 15 is 0 Å². The number of aromatic nitrogens is 2. The molecule has 0 radical (unpaired) electrons. The number of amides is 1. The number of rotatable bonds is 7. The Balaban J connectivity index is 1.55. The van der Waals surface area contributed by atoms with Crippen LogP contribution in [0.15, 0.2) is 50.7 Å². The SMILES string of the molecule is COc1cccc(CN(C)C(=O)CSc2nnc(-c3ccoc3C)o2)c1. The van der Waals surface area contributed by atoms with Crippen molar-refractivity contribution in [3.63, 3.8) is 0 Å². The maximum atomic E-state index is 12.3. The Morgan fingerprint density at radius 3 is 2.88 bits per heavy atom. The number of nitrogens with zero attached hydrogens (tertiary/aromatic N) is 3. The molecule has 26 heavy (non-hydrogen) atoms. The number of ether oxygens (including phenoxy) is 1. The fourth-order valence-electron chi connectivity index (χ4n) is 2.35. The lowest BCUT2D eigenvalue weighted by Crippen LogP contribution is -2.27. The van der Waals surface area contributed by atoms with Gasteiger partial charge in [0.05, 0.1) is 24.7 Å². The number of benzene rings is 1. The molecule has 0 unspecified atom stereocenters. The first-order chi connectivity index (χ1) is 12.6. The quantitative estimate of drug-likeness (QED) is 0.587. The van der Waals surface area contributed by atoms with Crippen molar-refractivity contribution in [2.24, 2.45) is 0 Å². The molecule has 8 heteroatoms. The van der Waals surface area contributed by atoms with Crippen molar-refractivity contribution in [3.05, 3.63) is 47.9 Å². The van der Waals surface area contributed by atoms with Gasteiger partial charge < -0.3 is 18.5 Å². The normalized spacial score (nSPS) is 10.7. The standard InChI is InChI=1S/C18H19N3O4S/c1-12-15(7-8-24-12)17-19-20-18(25-17)26-11-16(22)21(2)10-13-5-4-6-14(9-13)23-3/h4-9H,10-11H2,1-3H3. The van der Waals surface area contributed by atoms with Gasteiger partial charge in [-0.05, 0) is 30.7 Å². The molecule has 1 amide bonds. The molecular weight excluding hydrogens is 354 g/mol. The van der Waals surface area contributed by atoms with Crippen molar-refractivity contribution in [2.45, 2.75) is 18.7 Å². The van der Waals surface area contributed by atoms with E-state index in [1.807, 2.05) is 31.2 Å². The van der Waals surface area contributed by atoms with E-state index in [9.17, 15) is 4.79 Å². The van der Waals surface area contributed by atoms with Crippen molar-refractivity contribution in [1.29, 1.82) is 0 Å². The third-order valence-electron chi connectivity index (χ3n) is 3.79. The van der Waals surface area contributed by atoms with Crippen molar-refractivity contribution >= 4 is 17.7 Å². The molecule has 136 valence electrons. The number of thioether (sulfide) groups is 1. The van der Waals surface area contributed by atoms with Gasteiger partial charge in [-0.2, -0.15) is 0 Å². The van der Waals surface area contributed by atoms with Crippen LogP contribution in [0.3, 0.4) is 0 Å². The fourth-order valence-corrected chi connectivity index (χ4v) is 3.05. The fraction of sp³-hybridized carbons (Fsp3) is 0.278. The summed E-state index contributed by atoms with van der Waals surface area (Å²) in [5.41, 5.74) is 1.76. The highest BCUT2D eigenvalue weighted by atomic mass is 32.2. The molecule has 2 aromatic heterocycles. The second-order valence-corrected chi connectivity index (χ2v) is 6.58. The average Bonchev–Trinajstić information content (AvgIpc) is 3.28. The molecule has 3 rings (SSSR count). The van der Waals surface area contributed by atoms with E-state index in [0.29, 0.717) is 23.4 Å². The van der Waals surface area contributed by atoms with Crippen LogP contribution >= 0.6 is 11.8 Å². The lowest BCUT2D eigenvalue weighted by atomic mass is 10.2. The molecule has 0 spiro atoms. The summed E-state index contributed by atoms with van der Waals surface area (Å²) in [5.74, 6) is 2.05. The molecule has 0 saturated heterocycles. The van der Waals surface area contributed by atoms with Gasteiger partial charge in [-0.15, -0.1) is 10.2 Å². The van der Waals surface area contributed by atoms with Gasteiger partial charge in [0.25, 0.3) is 11.1 Å². The van der Waals surface area contributed by atoms with Crippen LogP contribution in [0.25, 0.3) is 11.5 Å². The Bertz CT molecular complexity index is 890. The Hall–Kier alpha value is -2.74. The van der Waals surface area contributed by atoms with Crippen molar-refractivity contribution in [2.75, 3.05) is 19.9 Å². The summed E-state index contributed by atoms with van der Waals surface area (Å²) < 4.78 is 16.0. The summed E-state index contributed by atoms with van der Waals surface area (Å²) in [5, 5.41) is 8.31. The monoisotopic (exact) mass is 373 g/mol. The molecule has 0 atom stereocenters. The lowest BCUT2D eigenvalue weighted by molar-refractivity contribution is -0.127. The van der Waals surface area contributed by atoms with Gasteiger partial charge in [-0.25, -0.2) is 0 Å². The van der Waals surface area contributed by atoms with Crippen molar-refractivity contribution in [3.8, 4) is 17.2 Å². The molecule has 2 heterocycles. The maximum Gasteiger partial charge on any atom is 0.277 e. The highest BCUT2D eigenvalue weighted by Crippen LogP contribution is 2.26. The summed E-state index contributed by atoms with van der Waals surface area (Å²) in [6, 6.07) is 9.41. The largest absolute Gasteiger partial charge is 0.497 e. The third kappa shape index (κ3) is 4.26. The Morgan fingerprint density at radius 2 is 2.15 bits per heavy atom. The molecule has 0 fully saturated rings. The first-order valence-electron chi connectivity index (χ1n) is 7.94. The molecule has 0 saturated carbocycles. The molecule has 0 N–H and O–H groups in total. The summed E-state index contributed by atoms with van der Waals surface area (Å²) in [6.07, 6.45) is 1.57. The van der Waals surface area contributed by atoms with Crippen LogP contribution in [-0.2, 0) is 11.3 Å². The number of methoxy groups -OCH3 is 1. The zero-order valence-corrected chi connectivity index (χ0v) is 15.6. The van der Waals surface area contributed by atoms with Crippen LogP contribution < -0.4 is 4.74 Å². The van der Waals surface area contributed by atoms with Gasteiger partial charge in [-0.1, -0.05) is 23.9 Å². The number of hydrogen-bond donors (Lipinski definition) is 0. The van der Waals surface area contributed by atoms with E-state index in [2.05, 4.69) is 10.2 Å². The number of carbonyl (C=O) groups is 1. The van der Waals surface area contributed by atoms with Crippen molar-refractivity contribution < 1.29 is 18.4 Å². The van der Waals surface area contributed by atoms with E-state index in [1.54, 1.807) is 31.4 Å². The van der Waals surface area contributed by atoms with Crippen LogP contribution in [-0.4, -0.2) is 40.9 Å². The molecule has 3 aromatic rings. The molecule has 1 aromatic carbocycles. The summed E-state index contributed by atoms with van der Waals surface area (Å²) in [6.45, 7) is 2.32. The Morgan fingerprint density at radius 1 is 1.31 bits per heavy atom. The Labute approximate surface area is 155 Å². The molecule has 0 aliphatic carbocycles. The van der Waals surface area contributed by atoms with Gasteiger partial charge in [0.1, 0.15) is 11.5 Å². The topological polar surface area (TPSA) is 81.6 Å². The second-order valence-electron chi connectivity index (χ2n) is 5.65. The van der Waals surface area contributed by atoms with Crippen LogP contribution in [0.4, 0.5) is 0 Å². The minimum absolute atomic E-state index is 0.0305. The minimum Gasteiger partial charge on any atom is -0.497 e. The van der Waals surface area contributed by atoms with Crippen molar-refractivity contribution in [1.82, 2.24) is 15.1 Å². The lowest BCUT2D eigenvalue weighted by Gasteiger charge is -2.17. The second kappa shape index (κ2) is 8.09. The van der Waals surface area contributed by atoms with E-state index in [4.69, 9.17) is 13.6 Å². The van der Waals surface area contributed by atoms with Crippen LogP contribution in [0.5, 0.6) is 5.75 Å². The van der Waals surface area contributed by atoms with Gasteiger partial charge in [-0.3, -0.25) is 4.79 Å². The highest BCUT2D eigenvalue weighted by Gasteiger charge is 2.16. The van der Waals surface area contributed by atoms with Crippen LogP contribution in [0.1, 0.15) is 11.3 Å². The molecule has 0 bridgehead atoms. The van der Waals surface area contributed by atoms with Gasteiger partial charge in [0.15, 0.2) is 0 Å². The summed E-state index contributed by atoms with van der Waals surface area (Å²) in [7, 11) is 3.38. The third-order valence-corrected chi connectivity index (χ3v) is 4.60. The predicted molar refractivity (Wildman–Crippen MR) is 96.9 cm³/mol. The summed E-state index contributed by atoms with van der Waals surface area (Å²) >= 11 is 1.21. The smallest absolute Gasteiger partial charge is 0.277 e. The van der Waals surface area contributed by atoms with Gasteiger partial charge >= 0.3 is 0 Å². The number of hydrogen-bond acceptors (Lipinski definition) is 7. The van der Waals surface area contributed by atoms with Gasteiger partial charge in [0, 0.05) is 13.6 Å². The zero-order chi connectivity index (χ0) is 18.5. The molecular formula is C18H19N3O4S. The number of furan rings is 1. The molecule has 0 aliphatic rings. The first-order valence-corrected chi connectivity index (χ1v) is 8.93. The number of carbonyl (C=O) groups excluding carboxylic acids is 1. The van der Waals surface area contributed by atoms with E-state index < -0.39 is 0 Å². The van der Waals surface area contributed by atoms with Crippen LogP contribution in [0, 0.1) is 6.92 Å². The molecule has 0 aliphatic heterocycles. The number of aryl methyl sites for hydroxylation is 1. The zero-order valence-electron chi connectivity index (χ0n) is 14.8. The average molecular weight is 373 g/mol. The predicted octanol–water partition coefficient (Wildman–Crippen LogP) is 3.40. The maximum absolute atomic E-state index is 12.3. The highest BCUT2D eigenvalue weighted by molar-refractivity contribution is 7.99. The van der Waals surface area contributed by atoms with Crippen LogP contribution in [0.2, 0.25) is 0 Å². The molecule has 7 nitrogen and oxygen atoms in total. The van der Waals surface area contributed by atoms with Gasteiger partial charge in [0.2, 0.25) is 5.91 Å². The summed E-state index contributed by atoms with van der Waals surface area (Å²) in [4.78, 5) is 14.0.